The van der Waals surface area contributed by atoms with Gasteiger partial charge in [0.1, 0.15) is 0 Å². The van der Waals surface area contributed by atoms with Gasteiger partial charge in [0.2, 0.25) is 0 Å². The number of unbranched alkanes of at least 4 members (excludes halogenated alkanes) is 1. The highest BCUT2D eigenvalue weighted by molar-refractivity contribution is 4.90. The van der Waals surface area contributed by atoms with E-state index in [1.165, 1.54) is 51.6 Å². The van der Waals surface area contributed by atoms with Crippen LogP contribution in [-0.4, -0.2) is 31.6 Å². The Balaban J connectivity index is 1.56. The number of hydrogen-bond acceptors (Lipinski definition) is 2. The molecule has 2 aliphatic rings. The molecule has 0 aromatic rings. The Morgan fingerprint density at radius 3 is 2.53 bits per heavy atom. The van der Waals surface area contributed by atoms with Crippen molar-refractivity contribution in [3.05, 3.63) is 0 Å². The van der Waals surface area contributed by atoms with E-state index in [1.807, 2.05) is 0 Å². The Bertz CT molecular complexity index is 274. The molecule has 2 N–H and O–H groups in total. The summed E-state index contributed by atoms with van der Waals surface area (Å²) >= 11 is 0. The highest BCUT2D eigenvalue weighted by Gasteiger charge is 2.39. The van der Waals surface area contributed by atoms with Crippen molar-refractivity contribution in [2.24, 2.45) is 28.9 Å². The van der Waals surface area contributed by atoms with Gasteiger partial charge in [-0.15, -0.1) is 0 Å². The van der Waals surface area contributed by atoms with Crippen LogP contribution in [0.4, 0.5) is 0 Å². The number of hydrogen-bond donors (Lipinski definition) is 1. The molecule has 0 heterocycles. The lowest BCUT2D eigenvalue weighted by molar-refractivity contribution is 0.213. The number of nitrogens with zero attached hydrogens (tertiary/aromatic N) is 1. The molecule has 0 aromatic carbocycles. The molecule has 0 aromatic heterocycles. The van der Waals surface area contributed by atoms with Gasteiger partial charge in [-0.2, -0.15) is 0 Å². The van der Waals surface area contributed by atoms with Crippen molar-refractivity contribution in [3.63, 3.8) is 0 Å². The molecule has 0 saturated heterocycles. The summed E-state index contributed by atoms with van der Waals surface area (Å²) in [6.07, 6.45) is 10.0. The zero-order chi connectivity index (χ0) is 13.9. The van der Waals surface area contributed by atoms with Crippen LogP contribution in [0.1, 0.15) is 58.8 Å². The quantitative estimate of drug-likeness (QED) is 0.681. The molecule has 2 nitrogen and oxygen atoms in total. The van der Waals surface area contributed by atoms with Crippen LogP contribution in [-0.2, 0) is 0 Å². The van der Waals surface area contributed by atoms with Crippen molar-refractivity contribution in [2.75, 3.05) is 26.7 Å². The zero-order valence-electron chi connectivity index (χ0n) is 13.3. The molecule has 0 radical (unpaired) electrons. The third-order valence-electron chi connectivity index (χ3n) is 5.63. The summed E-state index contributed by atoms with van der Waals surface area (Å²) in [6, 6.07) is 0. The van der Waals surface area contributed by atoms with Crippen LogP contribution in [0.3, 0.4) is 0 Å². The van der Waals surface area contributed by atoms with Crippen LogP contribution >= 0.6 is 0 Å². The van der Waals surface area contributed by atoms with Gasteiger partial charge in [-0.1, -0.05) is 26.7 Å². The minimum Gasteiger partial charge on any atom is -0.330 e. The highest BCUT2D eigenvalue weighted by Crippen LogP contribution is 2.48. The third-order valence-corrected chi connectivity index (χ3v) is 5.63. The van der Waals surface area contributed by atoms with Gasteiger partial charge in [0, 0.05) is 6.54 Å². The predicted molar refractivity (Wildman–Crippen MR) is 83.1 cm³/mol. The smallest absolute Gasteiger partial charge is 0.000936 e. The molecule has 2 saturated carbocycles. The Morgan fingerprint density at radius 1 is 1.16 bits per heavy atom. The van der Waals surface area contributed by atoms with Crippen molar-refractivity contribution < 1.29 is 0 Å². The van der Waals surface area contributed by atoms with E-state index < -0.39 is 0 Å². The van der Waals surface area contributed by atoms with E-state index >= 15 is 0 Å². The Morgan fingerprint density at radius 2 is 1.95 bits per heavy atom. The summed E-state index contributed by atoms with van der Waals surface area (Å²) in [5.41, 5.74) is 6.12. The van der Waals surface area contributed by atoms with Crippen molar-refractivity contribution in [2.45, 2.75) is 58.8 Å². The maximum atomic E-state index is 5.78. The molecule has 0 spiro atoms. The summed E-state index contributed by atoms with van der Waals surface area (Å²) in [4.78, 5) is 2.58. The summed E-state index contributed by atoms with van der Waals surface area (Å²) in [5, 5.41) is 0. The molecular formula is C17H34N2. The van der Waals surface area contributed by atoms with Crippen molar-refractivity contribution >= 4 is 0 Å². The second kappa shape index (κ2) is 6.58. The summed E-state index contributed by atoms with van der Waals surface area (Å²) in [6.45, 7) is 8.00. The first-order valence-corrected chi connectivity index (χ1v) is 8.39. The van der Waals surface area contributed by atoms with Crippen LogP contribution in [0, 0.1) is 23.2 Å². The molecule has 2 heteroatoms. The monoisotopic (exact) mass is 266 g/mol. The van der Waals surface area contributed by atoms with Crippen molar-refractivity contribution in [1.82, 2.24) is 4.90 Å². The van der Waals surface area contributed by atoms with E-state index in [-0.39, 0.29) is 0 Å². The predicted octanol–water partition coefficient (Wildman–Crippen LogP) is 3.51. The van der Waals surface area contributed by atoms with Gasteiger partial charge in [-0.05, 0) is 75.4 Å². The van der Waals surface area contributed by atoms with Gasteiger partial charge in [0.05, 0.1) is 0 Å². The Hall–Kier alpha value is -0.0800. The molecule has 2 fully saturated rings. The molecule has 0 aliphatic heterocycles. The fourth-order valence-corrected chi connectivity index (χ4v) is 4.18. The lowest BCUT2D eigenvalue weighted by atomic mass is 9.87. The van der Waals surface area contributed by atoms with E-state index in [1.54, 1.807) is 6.42 Å². The first-order valence-electron chi connectivity index (χ1n) is 8.39. The SMILES string of the molecule is CN(CCCCC(C)(C)CN)CC1CC2CCC1C2. The standard InChI is InChI=1S/C17H34N2/c1-17(2,13-18)8-4-5-9-19(3)12-16-11-14-6-7-15(16)10-14/h14-16H,4-13,18H2,1-3H3. The van der Waals surface area contributed by atoms with Gasteiger partial charge in [-0.3, -0.25) is 0 Å². The van der Waals surface area contributed by atoms with E-state index in [4.69, 9.17) is 5.73 Å². The third kappa shape index (κ3) is 4.46. The Kier molecular flexibility index (Phi) is 5.30. The topological polar surface area (TPSA) is 29.3 Å². The fourth-order valence-electron chi connectivity index (χ4n) is 4.18. The summed E-state index contributed by atoms with van der Waals surface area (Å²) < 4.78 is 0. The van der Waals surface area contributed by atoms with Crippen LogP contribution in [0.15, 0.2) is 0 Å². The van der Waals surface area contributed by atoms with Crippen LogP contribution in [0.25, 0.3) is 0 Å². The molecule has 19 heavy (non-hydrogen) atoms. The summed E-state index contributed by atoms with van der Waals surface area (Å²) in [5.74, 6) is 3.18. The van der Waals surface area contributed by atoms with Gasteiger partial charge in [-0.25, -0.2) is 0 Å². The number of nitrogens with two attached hydrogens (primary N) is 1. The fraction of sp³-hybridized carbons (Fsp3) is 1.00. The largest absolute Gasteiger partial charge is 0.330 e. The van der Waals surface area contributed by atoms with Gasteiger partial charge in [0.25, 0.3) is 0 Å². The average molecular weight is 266 g/mol. The minimum atomic E-state index is 0.336. The lowest BCUT2D eigenvalue weighted by Crippen LogP contribution is -2.30. The van der Waals surface area contributed by atoms with Gasteiger partial charge in [0.15, 0.2) is 0 Å². The van der Waals surface area contributed by atoms with Crippen molar-refractivity contribution in [1.29, 1.82) is 0 Å². The normalized spacial score (nSPS) is 30.5. The lowest BCUT2D eigenvalue weighted by Gasteiger charge is -2.27. The first kappa shape index (κ1) is 15.3. The summed E-state index contributed by atoms with van der Waals surface area (Å²) in [7, 11) is 2.32. The average Bonchev–Trinajstić information content (AvgIpc) is 2.97. The maximum absolute atomic E-state index is 5.78. The van der Waals surface area contributed by atoms with Gasteiger partial charge < -0.3 is 10.6 Å². The van der Waals surface area contributed by atoms with Crippen LogP contribution in [0.2, 0.25) is 0 Å². The number of fused-ring (bicyclic) bond motifs is 2. The molecule has 3 atom stereocenters. The van der Waals surface area contributed by atoms with E-state index in [0.29, 0.717) is 5.41 Å². The maximum Gasteiger partial charge on any atom is 0.000936 e. The number of rotatable bonds is 8. The zero-order valence-corrected chi connectivity index (χ0v) is 13.3. The molecule has 2 rings (SSSR count). The molecule has 2 bridgehead atoms. The van der Waals surface area contributed by atoms with E-state index in [0.717, 1.165) is 24.3 Å². The molecule has 0 amide bonds. The van der Waals surface area contributed by atoms with E-state index in [2.05, 4.69) is 25.8 Å². The van der Waals surface area contributed by atoms with E-state index in [9.17, 15) is 0 Å². The van der Waals surface area contributed by atoms with Crippen molar-refractivity contribution in [3.8, 4) is 0 Å². The molecule has 3 unspecified atom stereocenters. The second-order valence-electron chi connectivity index (χ2n) is 8.02. The molecule has 2 aliphatic carbocycles. The molecular weight excluding hydrogens is 232 g/mol. The highest BCUT2D eigenvalue weighted by atomic mass is 15.1. The Labute approximate surface area is 120 Å². The van der Waals surface area contributed by atoms with Crippen LogP contribution in [0.5, 0.6) is 0 Å². The molecule has 112 valence electrons. The van der Waals surface area contributed by atoms with Gasteiger partial charge >= 0.3 is 0 Å². The second-order valence-corrected chi connectivity index (χ2v) is 8.02. The minimum absolute atomic E-state index is 0.336. The van der Waals surface area contributed by atoms with Crippen LogP contribution < -0.4 is 5.73 Å². The first-order chi connectivity index (χ1) is 9.00.